The quantitative estimate of drug-likeness (QED) is 0.782. The lowest BCUT2D eigenvalue weighted by Gasteiger charge is -2.19. The molecule has 5 rings (SSSR count). The smallest absolute Gasteiger partial charge is 0.254 e. The second kappa shape index (κ2) is 4.84. The molecule has 3 aromatic rings. The fraction of sp³-hybridized carbons (Fsp3) is 0.312. The number of hydrogen-bond acceptors (Lipinski definition) is 6. The molecule has 0 amide bonds. The van der Waals surface area contributed by atoms with E-state index >= 15 is 0 Å². The third kappa shape index (κ3) is 2.00. The normalized spacial score (nSPS) is 15.7. The van der Waals surface area contributed by atoms with Gasteiger partial charge in [0, 0.05) is 17.3 Å². The predicted octanol–water partition coefficient (Wildman–Crippen LogP) is 2.13. The van der Waals surface area contributed by atoms with Crippen molar-refractivity contribution in [3.05, 3.63) is 35.8 Å². The molecule has 1 N–H and O–H groups in total. The first-order valence-corrected chi connectivity index (χ1v) is 7.77. The number of fused-ring (bicyclic) bond motifs is 3. The van der Waals surface area contributed by atoms with Crippen LogP contribution in [0.4, 0.5) is 11.5 Å². The summed E-state index contributed by atoms with van der Waals surface area (Å²) in [5, 5.41) is 7.77. The molecule has 2 aliphatic rings. The van der Waals surface area contributed by atoms with Crippen LogP contribution in [0.5, 0.6) is 11.5 Å². The molecule has 0 atom stereocenters. The molecular formula is C16H15N5O2. The zero-order valence-corrected chi connectivity index (χ0v) is 12.5. The largest absolute Gasteiger partial charge is 0.486 e. The highest BCUT2D eigenvalue weighted by atomic mass is 16.6. The van der Waals surface area contributed by atoms with Gasteiger partial charge in [-0.2, -0.15) is 14.6 Å². The highest BCUT2D eigenvalue weighted by molar-refractivity contribution is 5.66. The summed E-state index contributed by atoms with van der Waals surface area (Å²) >= 11 is 0. The van der Waals surface area contributed by atoms with Crippen molar-refractivity contribution in [1.82, 2.24) is 19.6 Å². The fourth-order valence-electron chi connectivity index (χ4n) is 3.21. The van der Waals surface area contributed by atoms with E-state index in [1.807, 2.05) is 18.2 Å². The maximum atomic E-state index is 5.65. The molecule has 7 heteroatoms. The van der Waals surface area contributed by atoms with E-state index in [0.717, 1.165) is 48.0 Å². The van der Waals surface area contributed by atoms with Gasteiger partial charge in [0.2, 0.25) is 0 Å². The van der Waals surface area contributed by atoms with E-state index in [4.69, 9.17) is 9.47 Å². The minimum absolute atomic E-state index is 0.578. The van der Waals surface area contributed by atoms with E-state index in [0.29, 0.717) is 19.0 Å². The Morgan fingerprint density at radius 1 is 1.09 bits per heavy atom. The molecule has 0 radical (unpaired) electrons. The number of anilines is 2. The second-order valence-corrected chi connectivity index (χ2v) is 5.69. The van der Waals surface area contributed by atoms with E-state index in [-0.39, 0.29) is 0 Å². The van der Waals surface area contributed by atoms with E-state index in [9.17, 15) is 0 Å². The Kier molecular flexibility index (Phi) is 2.67. The predicted molar refractivity (Wildman–Crippen MR) is 83.5 cm³/mol. The van der Waals surface area contributed by atoms with Crippen LogP contribution in [-0.2, 0) is 12.8 Å². The standard InChI is InChI=1S/C16H15N5O2/c1-2-11-12(3-1)20-16-17-9-18-21(16)15(11)19-10-4-5-13-14(8-10)23-7-6-22-13/h4-5,8-9,19H,1-3,6-7H2. The number of nitrogens with zero attached hydrogens (tertiary/aromatic N) is 4. The van der Waals surface area contributed by atoms with Crippen molar-refractivity contribution in [1.29, 1.82) is 0 Å². The van der Waals surface area contributed by atoms with Gasteiger partial charge >= 0.3 is 0 Å². The Morgan fingerprint density at radius 2 is 2.00 bits per heavy atom. The zero-order valence-electron chi connectivity index (χ0n) is 12.5. The van der Waals surface area contributed by atoms with Gasteiger partial charge in [0.1, 0.15) is 25.4 Å². The van der Waals surface area contributed by atoms with Crippen molar-refractivity contribution in [3.8, 4) is 11.5 Å². The Labute approximate surface area is 132 Å². The Morgan fingerprint density at radius 3 is 2.96 bits per heavy atom. The third-order valence-electron chi connectivity index (χ3n) is 4.26. The summed E-state index contributed by atoms with van der Waals surface area (Å²) in [5.41, 5.74) is 3.27. The summed E-state index contributed by atoms with van der Waals surface area (Å²) in [6, 6.07) is 5.87. The molecule has 1 aliphatic carbocycles. The molecule has 0 fully saturated rings. The van der Waals surface area contributed by atoms with Crippen LogP contribution in [0.2, 0.25) is 0 Å². The topological polar surface area (TPSA) is 73.6 Å². The van der Waals surface area contributed by atoms with E-state index < -0.39 is 0 Å². The van der Waals surface area contributed by atoms with Crippen LogP contribution in [0.15, 0.2) is 24.5 Å². The number of aryl methyl sites for hydroxylation is 1. The number of hydrogen-bond donors (Lipinski definition) is 1. The van der Waals surface area contributed by atoms with Crippen molar-refractivity contribution in [2.45, 2.75) is 19.3 Å². The second-order valence-electron chi connectivity index (χ2n) is 5.69. The van der Waals surface area contributed by atoms with E-state index in [2.05, 4.69) is 20.4 Å². The lowest BCUT2D eigenvalue weighted by Crippen LogP contribution is -2.15. The average Bonchev–Trinajstić information content (AvgIpc) is 3.23. The molecule has 116 valence electrons. The Bertz CT molecular complexity index is 905. The van der Waals surface area contributed by atoms with Crippen LogP contribution in [0, 0.1) is 0 Å². The fourth-order valence-corrected chi connectivity index (χ4v) is 3.21. The molecule has 0 saturated carbocycles. The summed E-state index contributed by atoms with van der Waals surface area (Å²) < 4.78 is 13.0. The minimum atomic E-state index is 0.578. The lowest BCUT2D eigenvalue weighted by molar-refractivity contribution is 0.171. The van der Waals surface area contributed by atoms with Crippen LogP contribution in [0.1, 0.15) is 17.7 Å². The SMILES string of the molecule is c1nc2nc3c(c(Nc4ccc5c(c4)OCCO5)n2n1)CCC3. The van der Waals surface area contributed by atoms with Crippen LogP contribution < -0.4 is 14.8 Å². The molecule has 23 heavy (non-hydrogen) atoms. The maximum absolute atomic E-state index is 5.65. The first-order valence-electron chi connectivity index (χ1n) is 7.77. The van der Waals surface area contributed by atoms with Gasteiger partial charge in [-0.05, 0) is 31.4 Å². The van der Waals surface area contributed by atoms with Crippen LogP contribution in [-0.4, -0.2) is 32.8 Å². The lowest BCUT2D eigenvalue weighted by atomic mass is 10.2. The Balaban J connectivity index is 1.60. The molecule has 3 heterocycles. The minimum Gasteiger partial charge on any atom is -0.486 e. The summed E-state index contributed by atoms with van der Waals surface area (Å²) in [5.74, 6) is 3.12. The molecular weight excluding hydrogens is 294 g/mol. The van der Waals surface area contributed by atoms with Gasteiger partial charge in [-0.15, -0.1) is 0 Å². The monoisotopic (exact) mass is 309 g/mol. The summed E-state index contributed by atoms with van der Waals surface area (Å²) in [7, 11) is 0. The zero-order chi connectivity index (χ0) is 15.2. The number of benzene rings is 1. The number of rotatable bonds is 2. The van der Waals surface area contributed by atoms with Crippen LogP contribution >= 0.6 is 0 Å². The van der Waals surface area contributed by atoms with Gasteiger partial charge in [0.15, 0.2) is 11.5 Å². The van der Waals surface area contributed by atoms with Crippen LogP contribution in [0.25, 0.3) is 5.78 Å². The first kappa shape index (κ1) is 12.7. The summed E-state index contributed by atoms with van der Waals surface area (Å²) in [6.07, 6.45) is 4.65. The molecule has 2 aromatic heterocycles. The molecule has 0 unspecified atom stereocenters. The molecule has 0 bridgehead atoms. The maximum Gasteiger partial charge on any atom is 0.254 e. The van der Waals surface area contributed by atoms with Crippen molar-refractivity contribution in [2.24, 2.45) is 0 Å². The van der Waals surface area contributed by atoms with Gasteiger partial charge in [0.05, 0.1) is 5.69 Å². The Hall–Kier alpha value is -2.83. The van der Waals surface area contributed by atoms with Crippen molar-refractivity contribution >= 4 is 17.3 Å². The summed E-state index contributed by atoms with van der Waals surface area (Å²) in [6.45, 7) is 1.17. The van der Waals surface area contributed by atoms with Gasteiger partial charge in [-0.1, -0.05) is 0 Å². The molecule has 0 spiro atoms. The summed E-state index contributed by atoms with van der Waals surface area (Å²) in [4.78, 5) is 8.82. The van der Waals surface area contributed by atoms with Gasteiger partial charge in [0.25, 0.3) is 5.78 Å². The average molecular weight is 309 g/mol. The number of ether oxygens (including phenoxy) is 2. The van der Waals surface area contributed by atoms with Gasteiger partial charge in [-0.3, -0.25) is 0 Å². The van der Waals surface area contributed by atoms with Crippen molar-refractivity contribution in [3.63, 3.8) is 0 Å². The van der Waals surface area contributed by atoms with Gasteiger partial charge in [-0.25, -0.2) is 4.98 Å². The van der Waals surface area contributed by atoms with E-state index in [1.165, 1.54) is 11.9 Å². The highest BCUT2D eigenvalue weighted by Gasteiger charge is 2.21. The molecule has 7 nitrogen and oxygen atoms in total. The van der Waals surface area contributed by atoms with Crippen molar-refractivity contribution < 1.29 is 9.47 Å². The van der Waals surface area contributed by atoms with Gasteiger partial charge < -0.3 is 14.8 Å². The molecule has 0 saturated heterocycles. The molecule has 1 aliphatic heterocycles. The van der Waals surface area contributed by atoms with Crippen LogP contribution in [0.3, 0.4) is 0 Å². The highest BCUT2D eigenvalue weighted by Crippen LogP contribution is 2.35. The number of aromatic nitrogens is 4. The number of nitrogens with one attached hydrogen (secondary N) is 1. The van der Waals surface area contributed by atoms with Crippen molar-refractivity contribution in [2.75, 3.05) is 18.5 Å². The molecule has 1 aromatic carbocycles. The third-order valence-corrected chi connectivity index (χ3v) is 4.26. The first-order chi connectivity index (χ1) is 11.4. The van der Waals surface area contributed by atoms with E-state index in [1.54, 1.807) is 4.52 Å².